The Morgan fingerprint density at radius 3 is 2.66 bits per heavy atom. The molecule has 0 aromatic heterocycles. The third kappa shape index (κ3) is 6.32. The first kappa shape index (κ1) is 21.9. The van der Waals surface area contributed by atoms with E-state index in [0.29, 0.717) is 36.4 Å². The molecule has 1 aromatic rings. The summed E-state index contributed by atoms with van der Waals surface area (Å²) in [6.45, 7) is 0. The molecule has 0 saturated carbocycles. The van der Waals surface area contributed by atoms with Crippen LogP contribution in [0.3, 0.4) is 0 Å². The Bertz CT molecular complexity index is 892. The third-order valence-corrected chi connectivity index (χ3v) is 6.70. The van der Waals surface area contributed by atoms with Crippen molar-refractivity contribution in [1.29, 1.82) is 0 Å². The minimum Gasteiger partial charge on any atom is -0.481 e. The number of benzene rings is 1. The normalized spacial score (nSPS) is 21.3. The summed E-state index contributed by atoms with van der Waals surface area (Å²) in [5.74, 6) is -0.800. The Morgan fingerprint density at radius 2 is 1.93 bits per heavy atom. The van der Waals surface area contributed by atoms with Gasteiger partial charge in [0.15, 0.2) is 0 Å². The smallest absolute Gasteiger partial charge is 0.303 e. The van der Waals surface area contributed by atoms with Gasteiger partial charge in [0.2, 0.25) is 10.0 Å². The molecule has 8 heteroatoms. The second-order valence-electron chi connectivity index (χ2n) is 7.39. The molecule has 29 heavy (non-hydrogen) atoms. The molecule has 2 aliphatic heterocycles. The Hall–Kier alpha value is -1.83. The highest BCUT2D eigenvalue weighted by Gasteiger charge is 2.41. The van der Waals surface area contributed by atoms with Crippen LogP contribution in [0.5, 0.6) is 0 Å². The molecule has 1 saturated heterocycles. The fraction of sp³-hybridized carbons (Fsp3) is 0.476. The predicted molar refractivity (Wildman–Crippen MR) is 112 cm³/mol. The lowest BCUT2D eigenvalue weighted by Gasteiger charge is -2.18. The van der Waals surface area contributed by atoms with Crippen molar-refractivity contribution >= 4 is 27.6 Å². The fourth-order valence-corrected chi connectivity index (χ4v) is 5.01. The molecule has 1 aromatic carbocycles. The predicted octanol–water partition coefficient (Wildman–Crippen LogP) is 3.82. The highest BCUT2D eigenvalue weighted by atomic mass is 35.5. The number of carboxylic acids is 1. The van der Waals surface area contributed by atoms with E-state index in [1.807, 2.05) is 24.3 Å². The lowest BCUT2D eigenvalue weighted by Crippen LogP contribution is -2.32. The van der Waals surface area contributed by atoms with Gasteiger partial charge in [-0.05, 0) is 61.8 Å². The van der Waals surface area contributed by atoms with Gasteiger partial charge in [-0.3, -0.25) is 9.52 Å². The highest BCUT2D eigenvalue weighted by Crippen LogP contribution is 2.40. The summed E-state index contributed by atoms with van der Waals surface area (Å²) in [6, 6.07) is 7.17. The van der Waals surface area contributed by atoms with Crippen molar-refractivity contribution in [1.82, 2.24) is 4.72 Å². The van der Waals surface area contributed by atoms with Crippen LogP contribution < -0.4 is 4.72 Å². The van der Waals surface area contributed by atoms with Gasteiger partial charge in [-0.1, -0.05) is 35.9 Å². The number of hydrogen-bond donors (Lipinski definition) is 2. The van der Waals surface area contributed by atoms with Gasteiger partial charge in [-0.25, -0.2) is 8.42 Å². The van der Waals surface area contributed by atoms with Crippen molar-refractivity contribution < 1.29 is 23.1 Å². The minimum absolute atomic E-state index is 0.00612. The fourth-order valence-electron chi connectivity index (χ4n) is 3.68. The SMILES string of the molecule is O=C(O)CCCC=CCC1=C(NS(=O)(=O)CCc2ccc(Cl)cc2)C2CCC1O2. The first-order chi connectivity index (χ1) is 13.8. The zero-order valence-corrected chi connectivity index (χ0v) is 17.7. The van der Waals surface area contributed by atoms with E-state index in [-0.39, 0.29) is 24.4 Å². The van der Waals surface area contributed by atoms with Gasteiger partial charge in [0.1, 0.15) is 0 Å². The number of rotatable bonds is 11. The van der Waals surface area contributed by atoms with Crippen LogP contribution in [0.15, 0.2) is 47.7 Å². The summed E-state index contributed by atoms with van der Waals surface area (Å²) in [7, 11) is -3.49. The molecule has 0 spiro atoms. The van der Waals surface area contributed by atoms with Gasteiger partial charge >= 0.3 is 5.97 Å². The van der Waals surface area contributed by atoms with E-state index in [1.54, 1.807) is 12.1 Å². The zero-order chi connectivity index (χ0) is 20.9. The molecule has 158 valence electrons. The van der Waals surface area contributed by atoms with Crippen molar-refractivity contribution in [2.45, 2.75) is 57.2 Å². The molecule has 6 nitrogen and oxygen atoms in total. The van der Waals surface area contributed by atoms with Crippen LogP contribution in [0.4, 0.5) is 0 Å². The summed E-state index contributed by atoms with van der Waals surface area (Å²) >= 11 is 5.87. The van der Waals surface area contributed by atoms with Gasteiger partial charge in [0.05, 0.1) is 23.7 Å². The first-order valence-electron chi connectivity index (χ1n) is 9.84. The maximum absolute atomic E-state index is 12.6. The van der Waals surface area contributed by atoms with Crippen molar-refractivity contribution in [2.24, 2.45) is 0 Å². The number of ether oxygens (including phenoxy) is 1. The largest absolute Gasteiger partial charge is 0.481 e. The third-order valence-electron chi connectivity index (χ3n) is 5.18. The maximum Gasteiger partial charge on any atom is 0.303 e. The molecule has 1 fully saturated rings. The van der Waals surface area contributed by atoms with E-state index in [0.717, 1.165) is 24.0 Å². The van der Waals surface area contributed by atoms with Gasteiger partial charge in [-0.15, -0.1) is 0 Å². The number of aliphatic carboxylic acids is 1. The van der Waals surface area contributed by atoms with E-state index < -0.39 is 16.0 Å². The molecule has 3 rings (SSSR count). The molecule has 0 amide bonds. The quantitative estimate of drug-likeness (QED) is 0.404. The number of unbranched alkanes of at least 4 members (excludes halogenated alkanes) is 1. The number of allylic oxidation sites excluding steroid dienone is 2. The van der Waals surface area contributed by atoms with Crippen LogP contribution in [0.2, 0.25) is 5.02 Å². The van der Waals surface area contributed by atoms with Crippen LogP contribution in [0.25, 0.3) is 0 Å². The molecule has 0 aliphatic carbocycles. The van der Waals surface area contributed by atoms with E-state index in [2.05, 4.69) is 4.72 Å². The minimum atomic E-state index is -3.49. The molecule has 2 N–H and O–H groups in total. The monoisotopic (exact) mass is 439 g/mol. The molecule has 2 atom stereocenters. The molecule has 0 radical (unpaired) electrons. The number of hydrogen-bond acceptors (Lipinski definition) is 4. The van der Waals surface area contributed by atoms with E-state index in [1.165, 1.54) is 0 Å². The molecule has 2 heterocycles. The Morgan fingerprint density at radius 1 is 1.21 bits per heavy atom. The Labute approximate surface area is 176 Å². The maximum atomic E-state index is 12.6. The number of aryl methyl sites for hydroxylation is 1. The lowest BCUT2D eigenvalue weighted by molar-refractivity contribution is -0.137. The van der Waals surface area contributed by atoms with Crippen molar-refractivity contribution in [3.05, 3.63) is 58.3 Å². The molecule has 2 aliphatic rings. The van der Waals surface area contributed by atoms with Crippen molar-refractivity contribution in [2.75, 3.05) is 5.75 Å². The first-order valence-corrected chi connectivity index (χ1v) is 11.9. The van der Waals surface area contributed by atoms with Crippen LogP contribution in [0.1, 0.15) is 44.1 Å². The van der Waals surface area contributed by atoms with E-state index in [9.17, 15) is 13.2 Å². The Balaban J connectivity index is 1.59. The molecular formula is C21H26ClNO5S. The average molecular weight is 440 g/mol. The number of halogens is 1. The number of fused-ring (bicyclic) bond motifs is 2. The summed E-state index contributed by atoms with van der Waals surface area (Å²) in [5, 5.41) is 9.29. The summed E-state index contributed by atoms with van der Waals surface area (Å²) in [5.41, 5.74) is 2.60. The lowest BCUT2D eigenvalue weighted by atomic mass is 9.94. The van der Waals surface area contributed by atoms with Gasteiger partial charge in [0, 0.05) is 11.4 Å². The van der Waals surface area contributed by atoms with Crippen molar-refractivity contribution in [3.8, 4) is 0 Å². The summed E-state index contributed by atoms with van der Waals surface area (Å²) < 4.78 is 33.9. The summed E-state index contributed by atoms with van der Waals surface area (Å²) in [4.78, 5) is 10.5. The van der Waals surface area contributed by atoms with E-state index in [4.69, 9.17) is 21.4 Å². The van der Waals surface area contributed by atoms with Gasteiger partial charge in [-0.2, -0.15) is 0 Å². The van der Waals surface area contributed by atoms with E-state index >= 15 is 0 Å². The highest BCUT2D eigenvalue weighted by molar-refractivity contribution is 7.89. The Kier molecular flexibility index (Phi) is 7.38. The number of sulfonamides is 1. The molecule has 2 bridgehead atoms. The van der Waals surface area contributed by atoms with Crippen LogP contribution in [0, 0.1) is 0 Å². The average Bonchev–Trinajstić information content (AvgIpc) is 3.26. The van der Waals surface area contributed by atoms with Gasteiger partial charge in [0.25, 0.3) is 0 Å². The standard InChI is InChI=1S/C21H26ClNO5S/c22-16-9-7-15(8-10-16)13-14-29(26,27)23-21-17(18-11-12-19(21)28-18)5-3-1-2-4-6-20(24)25/h1,3,7-10,18-19,23H,2,4-6,11-14H2,(H,24,25). The molecule has 2 unspecified atom stereocenters. The van der Waals surface area contributed by atoms with Crippen LogP contribution in [-0.2, 0) is 26.0 Å². The van der Waals surface area contributed by atoms with Gasteiger partial charge < -0.3 is 9.84 Å². The summed E-state index contributed by atoms with van der Waals surface area (Å²) in [6.07, 6.45) is 7.91. The zero-order valence-electron chi connectivity index (χ0n) is 16.1. The van der Waals surface area contributed by atoms with Crippen LogP contribution in [-0.4, -0.2) is 37.5 Å². The second kappa shape index (κ2) is 9.78. The second-order valence-corrected chi connectivity index (χ2v) is 9.67. The van der Waals surface area contributed by atoms with Crippen molar-refractivity contribution in [3.63, 3.8) is 0 Å². The number of carboxylic acid groups (broad SMARTS) is 1. The topological polar surface area (TPSA) is 92.7 Å². The molecular weight excluding hydrogens is 414 g/mol. The van der Waals surface area contributed by atoms with Crippen LogP contribution >= 0.6 is 11.6 Å². The number of nitrogens with one attached hydrogen (secondary N) is 1. The number of carbonyl (C=O) groups is 1.